The highest BCUT2D eigenvalue weighted by Gasteiger charge is 2.34. The summed E-state index contributed by atoms with van der Waals surface area (Å²) in [5.41, 5.74) is 0. The Morgan fingerprint density at radius 2 is 0.810 bits per heavy atom. The molecule has 3 aliphatic carbocycles. The molecule has 3 saturated carbocycles. The number of thiophene rings is 3. The molecule has 0 amide bonds. The van der Waals surface area contributed by atoms with E-state index in [1.807, 2.05) is 42.5 Å². The van der Waals surface area contributed by atoms with Gasteiger partial charge < -0.3 is 40.9 Å². The van der Waals surface area contributed by atoms with E-state index in [4.69, 9.17) is 15.3 Å². The molecule has 3 aromatic heterocycles. The Bertz CT molecular complexity index is 2470. The van der Waals surface area contributed by atoms with Crippen molar-refractivity contribution < 1.29 is 60.0 Å². The highest BCUT2D eigenvalue weighted by molar-refractivity contribution is 9.11. The number of halogens is 3. The van der Waals surface area contributed by atoms with Gasteiger partial charge in [-0.2, -0.15) is 0 Å². The number of carbonyl (C=O) groups excluding carboxylic acids is 1. The Morgan fingerprint density at radius 3 is 1.12 bits per heavy atom. The molecule has 3 heterocycles. The lowest BCUT2D eigenvalue weighted by atomic mass is 9.90. The minimum absolute atomic E-state index is 0.131. The zero-order valence-corrected chi connectivity index (χ0v) is 56.3. The van der Waals surface area contributed by atoms with E-state index in [0.29, 0.717) is 38.5 Å². The normalized spacial score (nSPS) is 23.3. The van der Waals surface area contributed by atoms with E-state index in [-0.39, 0.29) is 78.9 Å². The molecule has 18 heteroatoms. The monoisotopic (exact) mass is 1410 g/mol. The molecule has 0 aromatic carbocycles. The second kappa shape index (κ2) is 40.4. The molecular weight excluding hydrogens is 1320 g/mol. The maximum absolute atomic E-state index is 12.2. The first-order valence-corrected chi connectivity index (χ1v) is 34.8. The number of carbonyl (C=O) groups is 4. The molecule has 6 rings (SSSR count). The lowest BCUT2D eigenvalue weighted by Gasteiger charge is -2.18. The fraction of sp³-hybridized carbons (Fsp3) is 0.576. The molecule has 0 aliphatic heterocycles. The molecule has 0 bridgehead atoms. The fourth-order valence-electron chi connectivity index (χ4n) is 11.0. The topological polar surface area (TPSA) is 230 Å². The van der Waals surface area contributed by atoms with Crippen molar-refractivity contribution in [2.24, 2.45) is 35.5 Å². The van der Waals surface area contributed by atoms with Gasteiger partial charge in [-0.15, -0.1) is 34.0 Å². The summed E-state index contributed by atoms with van der Waals surface area (Å²) >= 11 is 15.8. The lowest BCUT2D eigenvalue weighted by Crippen LogP contribution is -2.17. The molecule has 12 nitrogen and oxygen atoms in total. The van der Waals surface area contributed by atoms with E-state index in [1.54, 1.807) is 40.1 Å². The van der Waals surface area contributed by atoms with Gasteiger partial charge >= 0.3 is 17.9 Å². The number of rotatable bonds is 33. The fourth-order valence-corrected chi connectivity index (χ4v) is 15.8. The van der Waals surface area contributed by atoms with Crippen LogP contribution in [0, 0.1) is 56.3 Å². The van der Waals surface area contributed by atoms with Gasteiger partial charge in [0.2, 0.25) is 0 Å². The van der Waals surface area contributed by atoms with Crippen LogP contribution in [0.3, 0.4) is 0 Å². The third-order valence-corrected chi connectivity index (χ3v) is 22.5. The van der Waals surface area contributed by atoms with Gasteiger partial charge in [0.1, 0.15) is 0 Å². The van der Waals surface area contributed by atoms with Gasteiger partial charge in [-0.05, 0) is 257 Å². The smallest absolute Gasteiger partial charge is 0.303 e. The van der Waals surface area contributed by atoms with Gasteiger partial charge in [-0.25, -0.2) is 0 Å². The largest absolute Gasteiger partial charge is 0.481 e. The number of aryl methyl sites for hydroxylation is 6. The predicted octanol–water partition coefficient (Wildman–Crippen LogP) is 16.0. The second-order valence-electron chi connectivity index (χ2n) is 22.6. The molecule has 0 saturated heterocycles. The third-order valence-electron chi connectivity index (χ3n) is 15.9. The first kappa shape index (κ1) is 73.3. The van der Waals surface area contributed by atoms with Gasteiger partial charge in [0.05, 0.1) is 30.5 Å². The highest BCUT2D eigenvalue weighted by atomic mass is 79.9. The van der Waals surface area contributed by atoms with Crippen LogP contribution < -0.4 is 0 Å². The van der Waals surface area contributed by atoms with Crippen molar-refractivity contribution in [3.63, 3.8) is 0 Å². The summed E-state index contributed by atoms with van der Waals surface area (Å²) < 4.78 is 3.38. The standard InChI is InChI=1S/2C22H31BrO4S.C22H29BrO4S/c3*1-15-20(23)14-18(28-15)12-11-17(24)10-8-16-9-13-21(25)19(16)6-4-2-3-5-7-22(26)27/h2*2,4,8,10,14,16-17,19,21,24-25H,3,5-7,9,11-13H2,1H3,(H,26,27);2,4,8,10,14,16,19,21,25H,3,5-7,9,11-13H2,1H3,(H,26,27)/b3*4-2-,10-8+/t2*16-,17+,19+,21?;16-,19+,21?/m000/s1. The van der Waals surface area contributed by atoms with E-state index >= 15 is 0 Å². The van der Waals surface area contributed by atoms with Crippen molar-refractivity contribution in [2.75, 3.05) is 0 Å². The van der Waals surface area contributed by atoms with E-state index in [1.165, 1.54) is 29.3 Å². The Labute approximate surface area is 536 Å². The van der Waals surface area contributed by atoms with E-state index < -0.39 is 30.1 Å². The maximum Gasteiger partial charge on any atom is 0.303 e. The van der Waals surface area contributed by atoms with Crippen LogP contribution in [0.15, 0.2) is 105 Å². The average molecular weight is 1410 g/mol. The maximum atomic E-state index is 12.2. The molecule has 3 fully saturated rings. The summed E-state index contributed by atoms with van der Waals surface area (Å²) in [7, 11) is 0. The zero-order chi connectivity index (χ0) is 61.6. The SMILES string of the molecule is Cc1sc(CCC(=O)/C=C/[C@H]2CCC(O)[C@@H]2C/C=C\CCCC(=O)O)cc1Br.Cc1sc(CC[C@H](O)/C=C/[C@H]2CCC(O)[C@@H]2C/C=C\CCCC(=O)O)cc1Br.Cc1sc(CC[C@H](O)/C=C/[C@H]2CCC(O)[C@@H]2C/C=C\CCCC(=O)O)cc1Br. The molecule has 11 atom stereocenters. The average Bonchev–Trinajstić information content (AvgIpc) is 4.50. The summed E-state index contributed by atoms with van der Waals surface area (Å²) in [6.07, 6.45) is 38.6. The summed E-state index contributed by atoms with van der Waals surface area (Å²) in [5.74, 6) is -0.877. The van der Waals surface area contributed by atoms with Crippen molar-refractivity contribution in [3.05, 3.63) is 134 Å². The molecule has 84 heavy (non-hydrogen) atoms. The van der Waals surface area contributed by atoms with Crippen LogP contribution in [0.1, 0.15) is 164 Å². The van der Waals surface area contributed by atoms with Gasteiger partial charge in [-0.1, -0.05) is 66.8 Å². The summed E-state index contributed by atoms with van der Waals surface area (Å²) in [4.78, 5) is 51.3. The van der Waals surface area contributed by atoms with Crippen LogP contribution in [-0.4, -0.2) is 95.1 Å². The number of unbranched alkanes of at least 4 members (excludes halogenated alkanes) is 3. The van der Waals surface area contributed by atoms with Gasteiger partial charge in [0.25, 0.3) is 0 Å². The van der Waals surface area contributed by atoms with Crippen LogP contribution in [0.4, 0.5) is 0 Å². The first-order valence-electron chi connectivity index (χ1n) is 29.9. The third kappa shape index (κ3) is 28.8. The molecule has 8 N–H and O–H groups in total. The molecule has 466 valence electrons. The van der Waals surface area contributed by atoms with Gasteiger partial charge in [-0.3, -0.25) is 19.2 Å². The van der Waals surface area contributed by atoms with Crippen molar-refractivity contribution in [3.8, 4) is 0 Å². The highest BCUT2D eigenvalue weighted by Crippen LogP contribution is 2.39. The number of hydrogen-bond acceptors (Lipinski definition) is 12. The summed E-state index contributed by atoms with van der Waals surface area (Å²) in [5, 5.41) is 77.3. The van der Waals surface area contributed by atoms with Crippen LogP contribution in [0.25, 0.3) is 0 Å². The van der Waals surface area contributed by atoms with Gasteiger partial charge in [0, 0.05) is 68.4 Å². The van der Waals surface area contributed by atoms with Crippen molar-refractivity contribution in [1.29, 1.82) is 0 Å². The number of aliphatic hydroxyl groups excluding tert-OH is 5. The number of aliphatic carboxylic acids is 3. The number of aliphatic hydroxyl groups is 5. The Morgan fingerprint density at radius 1 is 0.488 bits per heavy atom. The Hall–Kier alpha value is -3.14. The van der Waals surface area contributed by atoms with Crippen LogP contribution in [-0.2, 0) is 38.4 Å². The number of allylic oxidation sites excluding steroid dienone is 10. The molecule has 0 spiro atoms. The Kier molecular flexibility index (Phi) is 35.3. The van der Waals surface area contributed by atoms with E-state index in [2.05, 4.69) is 111 Å². The van der Waals surface area contributed by atoms with Crippen molar-refractivity contribution in [2.45, 2.75) is 205 Å². The number of carboxylic acid groups (broad SMARTS) is 3. The molecule has 3 aliphatic rings. The molecule has 0 radical (unpaired) electrons. The molecular formula is C66H91Br3O12S3. The van der Waals surface area contributed by atoms with Gasteiger partial charge in [0.15, 0.2) is 5.78 Å². The second-order valence-corrected chi connectivity index (χ2v) is 29.1. The minimum Gasteiger partial charge on any atom is -0.481 e. The van der Waals surface area contributed by atoms with E-state index in [0.717, 1.165) is 110 Å². The molecule has 3 unspecified atom stereocenters. The van der Waals surface area contributed by atoms with Crippen LogP contribution in [0.5, 0.6) is 0 Å². The van der Waals surface area contributed by atoms with Crippen LogP contribution in [0.2, 0.25) is 0 Å². The van der Waals surface area contributed by atoms with Crippen molar-refractivity contribution >= 4 is 105 Å². The summed E-state index contributed by atoms with van der Waals surface area (Å²) in [6, 6.07) is 6.34. The zero-order valence-electron chi connectivity index (χ0n) is 49.1. The lowest BCUT2D eigenvalue weighted by molar-refractivity contribution is -0.138. The Balaban J connectivity index is 0.000000270. The van der Waals surface area contributed by atoms with Crippen LogP contribution >= 0.6 is 81.8 Å². The number of ketones is 1. The van der Waals surface area contributed by atoms with E-state index in [9.17, 15) is 44.7 Å². The number of carboxylic acids is 3. The molecule has 3 aromatic rings. The quantitative estimate of drug-likeness (QED) is 0.0162. The summed E-state index contributed by atoms with van der Waals surface area (Å²) in [6.45, 7) is 6.23. The predicted molar refractivity (Wildman–Crippen MR) is 352 cm³/mol. The first-order chi connectivity index (χ1) is 40.1. The minimum atomic E-state index is -0.767. The van der Waals surface area contributed by atoms with Crippen molar-refractivity contribution in [1.82, 2.24) is 0 Å². The number of hydrogen-bond donors (Lipinski definition) is 8.